The molecule has 1 aromatic heterocycles. The molecule has 0 aliphatic carbocycles. The van der Waals surface area contributed by atoms with Crippen molar-refractivity contribution in [1.29, 1.82) is 0 Å². The van der Waals surface area contributed by atoms with Gasteiger partial charge >= 0.3 is 0 Å². The average Bonchev–Trinajstić information content (AvgIpc) is 3.06. The highest BCUT2D eigenvalue weighted by atomic mass is 32.2. The summed E-state index contributed by atoms with van der Waals surface area (Å²) >= 11 is 0. The molecular formula is C17H23N3O3S. The van der Waals surface area contributed by atoms with Crippen LogP contribution in [0.3, 0.4) is 0 Å². The fraction of sp³-hybridized carbons (Fsp3) is 0.412. The van der Waals surface area contributed by atoms with E-state index in [-0.39, 0.29) is 10.5 Å². The van der Waals surface area contributed by atoms with Crippen LogP contribution < -0.4 is 4.72 Å². The fourth-order valence-corrected chi connectivity index (χ4v) is 3.63. The SMILES string of the molecule is CCCCCCc1cnc(C)[nH]1.O=C1NS(=O)(=O)c2ccccc21. The average molecular weight is 349 g/mol. The number of unbranched alkanes of at least 4 members (excludes halogenated alkanes) is 3. The van der Waals surface area contributed by atoms with Crippen LogP contribution in [0.25, 0.3) is 0 Å². The minimum atomic E-state index is -3.55. The summed E-state index contributed by atoms with van der Waals surface area (Å²) in [5, 5.41) is 0. The third kappa shape index (κ3) is 4.67. The summed E-state index contributed by atoms with van der Waals surface area (Å²) < 4.78 is 24.2. The summed E-state index contributed by atoms with van der Waals surface area (Å²) in [7, 11) is -3.55. The normalized spacial score (nSPS) is 14.5. The van der Waals surface area contributed by atoms with Crippen molar-refractivity contribution in [2.24, 2.45) is 0 Å². The number of imidazole rings is 1. The van der Waals surface area contributed by atoms with Gasteiger partial charge in [0.05, 0.1) is 5.56 Å². The van der Waals surface area contributed by atoms with E-state index >= 15 is 0 Å². The van der Waals surface area contributed by atoms with Crippen molar-refractivity contribution >= 4 is 15.9 Å². The fourth-order valence-electron chi connectivity index (χ4n) is 2.46. The van der Waals surface area contributed by atoms with Crippen LogP contribution >= 0.6 is 0 Å². The number of nitrogens with zero attached hydrogens (tertiary/aromatic N) is 1. The number of amides is 1. The predicted octanol–water partition coefficient (Wildman–Crippen LogP) is 2.96. The van der Waals surface area contributed by atoms with E-state index in [1.54, 1.807) is 12.1 Å². The van der Waals surface area contributed by atoms with E-state index in [0.717, 1.165) is 12.2 Å². The summed E-state index contributed by atoms with van der Waals surface area (Å²) in [5.41, 5.74) is 1.50. The molecular weight excluding hydrogens is 326 g/mol. The molecule has 6 nitrogen and oxygen atoms in total. The van der Waals surface area contributed by atoms with Crippen LogP contribution in [-0.2, 0) is 16.4 Å². The van der Waals surface area contributed by atoms with Crippen LogP contribution in [0.1, 0.15) is 54.5 Å². The third-order valence-electron chi connectivity index (χ3n) is 3.70. The molecule has 0 spiro atoms. The molecule has 130 valence electrons. The lowest BCUT2D eigenvalue weighted by Gasteiger charge is -1.96. The number of benzene rings is 1. The first kappa shape index (κ1) is 18.2. The van der Waals surface area contributed by atoms with Crippen LogP contribution in [-0.4, -0.2) is 24.3 Å². The lowest BCUT2D eigenvalue weighted by Crippen LogP contribution is -2.20. The van der Waals surface area contributed by atoms with Gasteiger partial charge in [0.1, 0.15) is 10.7 Å². The van der Waals surface area contributed by atoms with Crippen molar-refractivity contribution in [2.75, 3.05) is 0 Å². The second kappa shape index (κ2) is 8.10. The first-order valence-electron chi connectivity index (χ1n) is 8.10. The van der Waals surface area contributed by atoms with Gasteiger partial charge in [0.25, 0.3) is 15.9 Å². The van der Waals surface area contributed by atoms with E-state index in [4.69, 9.17) is 0 Å². The molecule has 1 amide bonds. The van der Waals surface area contributed by atoms with Gasteiger partial charge in [-0.05, 0) is 31.9 Å². The van der Waals surface area contributed by atoms with Gasteiger partial charge in [-0.3, -0.25) is 4.79 Å². The van der Waals surface area contributed by atoms with Crippen LogP contribution in [0.4, 0.5) is 0 Å². The summed E-state index contributed by atoms with van der Waals surface area (Å²) in [4.78, 5) is 18.5. The molecule has 2 heterocycles. The number of sulfonamides is 1. The number of aromatic amines is 1. The lowest BCUT2D eigenvalue weighted by molar-refractivity contribution is 0.0985. The first-order valence-corrected chi connectivity index (χ1v) is 9.59. The van der Waals surface area contributed by atoms with Gasteiger partial charge in [-0.2, -0.15) is 0 Å². The van der Waals surface area contributed by atoms with Gasteiger partial charge in [0.15, 0.2) is 0 Å². The van der Waals surface area contributed by atoms with Gasteiger partial charge in [-0.15, -0.1) is 0 Å². The van der Waals surface area contributed by atoms with Crippen LogP contribution in [0.2, 0.25) is 0 Å². The molecule has 1 aliphatic heterocycles. The Kier molecular flexibility index (Phi) is 6.14. The Morgan fingerprint density at radius 3 is 2.50 bits per heavy atom. The molecule has 0 bridgehead atoms. The number of hydrogen-bond acceptors (Lipinski definition) is 4. The van der Waals surface area contributed by atoms with Crippen molar-refractivity contribution in [3.63, 3.8) is 0 Å². The van der Waals surface area contributed by atoms with E-state index in [0.29, 0.717) is 0 Å². The molecule has 0 radical (unpaired) electrons. The van der Waals surface area contributed by atoms with Crippen molar-refractivity contribution < 1.29 is 13.2 Å². The molecule has 0 atom stereocenters. The van der Waals surface area contributed by atoms with Crippen LogP contribution in [0.15, 0.2) is 35.4 Å². The predicted molar refractivity (Wildman–Crippen MR) is 92.3 cm³/mol. The Balaban J connectivity index is 0.000000174. The Labute approximate surface area is 142 Å². The zero-order valence-corrected chi connectivity index (χ0v) is 14.8. The number of hydrogen-bond donors (Lipinski definition) is 2. The van der Waals surface area contributed by atoms with Crippen molar-refractivity contribution in [2.45, 2.75) is 50.8 Å². The Morgan fingerprint density at radius 1 is 1.12 bits per heavy atom. The van der Waals surface area contributed by atoms with Gasteiger partial charge < -0.3 is 4.98 Å². The molecule has 24 heavy (non-hydrogen) atoms. The lowest BCUT2D eigenvalue weighted by atomic mass is 10.1. The summed E-state index contributed by atoms with van der Waals surface area (Å²) in [6.07, 6.45) is 8.39. The molecule has 1 aliphatic rings. The molecule has 2 aromatic rings. The first-order chi connectivity index (χ1) is 11.4. The van der Waals surface area contributed by atoms with Gasteiger partial charge in [-0.25, -0.2) is 18.1 Å². The Bertz CT molecular complexity index is 797. The molecule has 1 aromatic carbocycles. The van der Waals surface area contributed by atoms with E-state index in [2.05, 4.69) is 16.9 Å². The summed E-state index contributed by atoms with van der Waals surface area (Å²) in [6.45, 7) is 4.23. The third-order valence-corrected chi connectivity index (χ3v) is 5.09. The van der Waals surface area contributed by atoms with E-state index in [1.165, 1.54) is 43.5 Å². The van der Waals surface area contributed by atoms with E-state index < -0.39 is 15.9 Å². The number of nitrogens with one attached hydrogen (secondary N) is 2. The molecule has 0 saturated carbocycles. The van der Waals surface area contributed by atoms with Gasteiger partial charge in [-0.1, -0.05) is 38.3 Å². The minimum Gasteiger partial charge on any atom is -0.346 e. The van der Waals surface area contributed by atoms with Gasteiger partial charge in [0.2, 0.25) is 0 Å². The van der Waals surface area contributed by atoms with Crippen LogP contribution in [0, 0.1) is 6.92 Å². The number of carbonyl (C=O) groups excluding carboxylic acids is 1. The smallest absolute Gasteiger partial charge is 0.266 e. The minimum absolute atomic E-state index is 0.0648. The number of rotatable bonds is 5. The quantitative estimate of drug-likeness (QED) is 0.812. The van der Waals surface area contributed by atoms with E-state index in [1.807, 2.05) is 17.8 Å². The second-order valence-corrected chi connectivity index (χ2v) is 7.39. The monoisotopic (exact) mass is 349 g/mol. The zero-order valence-electron chi connectivity index (χ0n) is 14.0. The zero-order chi connectivity index (χ0) is 17.6. The highest BCUT2D eigenvalue weighted by Gasteiger charge is 2.31. The number of H-pyrrole nitrogens is 1. The van der Waals surface area contributed by atoms with E-state index in [9.17, 15) is 13.2 Å². The Morgan fingerprint density at radius 2 is 1.88 bits per heavy atom. The summed E-state index contributed by atoms with van der Waals surface area (Å²) in [5.74, 6) is 0.478. The number of aromatic nitrogens is 2. The number of fused-ring (bicyclic) bond motifs is 1. The molecule has 0 saturated heterocycles. The summed E-state index contributed by atoms with van der Waals surface area (Å²) in [6, 6.07) is 6.09. The molecule has 0 unspecified atom stereocenters. The molecule has 2 N–H and O–H groups in total. The number of aryl methyl sites for hydroxylation is 2. The van der Waals surface area contributed by atoms with Crippen LogP contribution in [0.5, 0.6) is 0 Å². The van der Waals surface area contributed by atoms with Crippen molar-refractivity contribution in [1.82, 2.24) is 14.7 Å². The standard InChI is InChI=1S/C10H18N2.C7H5NO3S/c1-3-4-5-6-7-10-8-11-9(2)12-10;9-7-5-3-1-2-4-6(5)12(10,11)8-7/h8H,3-7H2,1-2H3,(H,11,12);1-4H,(H,8,9). The molecule has 0 fully saturated rings. The maximum atomic E-state index is 11.1. The Hall–Kier alpha value is -2.15. The topological polar surface area (TPSA) is 91.9 Å². The highest BCUT2D eigenvalue weighted by Crippen LogP contribution is 2.20. The highest BCUT2D eigenvalue weighted by molar-refractivity contribution is 7.90. The molecule has 3 rings (SSSR count). The largest absolute Gasteiger partial charge is 0.346 e. The van der Waals surface area contributed by atoms with Crippen molar-refractivity contribution in [3.8, 4) is 0 Å². The second-order valence-electron chi connectivity index (χ2n) is 5.74. The maximum absolute atomic E-state index is 11.1. The van der Waals surface area contributed by atoms with Crippen molar-refractivity contribution in [3.05, 3.63) is 47.5 Å². The van der Waals surface area contributed by atoms with Gasteiger partial charge in [0, 0.05) is 11.9 Å². The molecule has 7 heteroatoms. The number of carbonyl (C=O) groups is 1. The maximum Gasteiger partial charge on any atom is 0.266 e.